The Morgan fingerprint density at radius 1 is 0.848 bits per heavy atom. The highest BCUT2D eigenvalue weighted by Gasteiger charge is 2.28. The molecule has 3 aromatic carbocycles. The number of hydrazine groups is 1. The standard InChI is InChI=1S/C24H19N5O2S2/c1-32-24-26-20-14-6-5-13-19(20)23(27-24)28-29(33(30,31)18-11-3-2-4-12-18)21-15-7-9-17-10-8-16-25-22(17)21/h2-16H,1H3,(H,26,27,28). The molecular formula is C24H19N5O2S2. The Morgan fingerprint density at radius 3 is 2.42 bits per heavy atom. The topological polar surface area (TPSA) is 88.1 Å². The molecule has 0 amide bonds. The van der Waals surface area contributed by atoms with Crippen molar-refractivity contribution < 1.29 is 8.42 Å². The number of rotatable bonds is 6. The molecule has 33 heavy (non-hydrogen) atoms. The molecule has 0 aliphatic carbocycles. The van der Waals surface area contributed by atoms with E-state index in [1.165, 1.54) is 11.8 Å². The van der Waals surface area contributed by atoms with E-state index in [0.717, 1.165) is 9.80 Å². The number of benzene rings is 3. The SMILES string of the molecule is CSc1nc(NN(c2cccc3cccnc23)S(=O)(=O)c2ccccc2)c2ccccc2n1. The van der Waals surface area contributed by atoms with Crippen LogP contribution in [0.3, 0.4) is 0 Å². The molecule has 0 aliphatic rings. The van der Waals surface area contributed by atoms with Crippen molar-refractivity contribution >= 4 is 55.1 Å². The molecule has 0 aliphatic heterocycles. The average molecular weight is 474 g/mol. The fraction of sp³-hybridized carbons (Fsp3) is 0.0417. The van der Waals surface area contributed by atoms with E-state index in [0.29, 0.717) is 33.1 Å². The van der Waals surface area contributed by atoms with Gasteiger partial charge in [-0.2, -0.15) is 12.8 Å². The molecule has 0 bridgehead atoms. The molecule has 0 fully saturated rings. The number of thioether (sulfide) groups is 1. The maximum Gasteiger partial charge on any atom is 0.281 e. The zero-order valence-electron chi connectivity index (χ0n) is 17.6. The number of nitrogens with one attached hydrogen (secondary N) is 1. The van der Waals surface area contributed by atoms with Gasteiger partial charge in [0.2, 0.25) is 0 Å². The molecule has 0 atom stereocenters. The first kappa shape index (κ1) is 21.2. The maximum absolute atomic E-state index is 13.9. The molecule has 9 heteroatoms. The number of nitrogens with zero attached hydrogens (tertiary/aromatic N) is 4. The summed E-state index contributed by atoms with van der Waals surface area (Å²) < 4.78 is 28.9. The zero-order valence-corrected chi connectivity index (χ0v) is 19.2. The monoisotopic (exact) mass is 473 g/mol. The summed E-state index contributed by atoms with van der Waals surface area (Å²) >= 11 is 1.38. The highest BCUT2D eigenvalue weighted by molar-refractivity contribution is 7.98. The van der Waals surface area contributed by atoms with Gasteiger partial charge in [0.05, 0.1) is 15.9 Å². The van der Waals surface area contributed by atoms with E-state index in [4.69, 9.17) is 0 Å². The van der Waals surface area contributed by atoms with E-state index in [2.05, 4.69) is 20.4 Å². The van der Waals surface area contributed by atoms with Gasteiger partial charge in [0.15, 0.2) is 11.0 Å². The van der Waals surface area contributed by atoms with Crippen molar-refractivity contribution in [2.24, 2.45) is 0 Å². The van der Waals surface area contributed by atoms with Gasteiger partial charge in [0.1, 0.15) is 5.69 Å². The van der Waals surface area contributed by atoms with Gasteiger partial charge >= 0.3 is 0 Å². The summed E-state index contributed by atoms with van der Waals surface area (Å²) in [6, 6.07) is 24.9. The Bertz CT molecular complexity index is 1550. The third kappa shape index (κ3) is 3.96. The summed E-state index contributed by atoms with van der Waals surface area (Å²) in [5, 5.41) is 2.06. The Balaban J connectivity index is 1.75. The molecule has 0 saturated carbocycles. The number of sulfonamides is 1. The maximum atomic E-state index is 13.9. The first-order valence-electron chi connectivity index (χ1n) is 10.1. The van der Waals surface area contributed by atoms with Gasteiger partial charge in [-0.25, -0.2) is 9.97 Å². The molecule has 2 aromatic heterocycles. The van der Waals surface area contributed by atoms with E-state index >= 15 is 0 Å². The van der Waals surface area contributed by atoms with Crippen LogP contribution in [-0.4, -0.2) is 29.6 Å². The Hall–Kier alpha value is -3.69. The first-order chi connectivity index (χ1) is 16.1. The van der Waals surface area contributed by atoms with Crippen molar-refractivity contribution in [2.75, 3.05) is 16.1 Å². The van der Waals surface area contributed by atoms with Crippen LogP contribution in [0.4, 0.5) is 11.5 Å². The Kier molecular flexibility index (Phi) is 5.57. The van der Waals surface area contributed by atoms with Crippen molar-refractivity contribution in [3.05, 3.63) is 91.1 Å². The lowest BCUT2D eigenvalue weighted by atomic mass is 10.2. The molecule has 5 rings (SSSR count). The van der Waals surface area contributed by atoms with Crippen molar-refractivity contribution in [2.45, 2.75) is 10.1 Å². The van der Waals surface area contributed by atoms with Crippen LogP contribution >= 0.6 is 11.8 Å². The Labute approximate surface area is 195 Å². The quantitative estimate of drug-likeness (QED) is 0.208. The van der Waals surface area contributed by atoms with Gasteiger partial charge in [-0.3, -0.25) is 10.4 Å². The van der Waals surface area contributed by atoms with Gasteiger partial charge in [0, 0.05) is 17.0 Å². The van der Waals surface area contributed by atoms with Gasteiger partial charge < -0.3 is 0 Å². The predicted molar refractivity (Wildman–Crippen MR) is 133 cm³/mol. The smallest absolute Gasteiger partial charge is 0.267 e. The molecule has 0 saturated heterocycles. The summed E-state index contributed by atoms with van der Waals surface area (Å²) in [6.07, 6.45) is 3.52. The van der Waals surface area contributed by atoms with Gasteiger partial charge in [-0.05, 0) is 42.7 Å². The average Bonchev–Trinajstić information content (AvgIpc) is 2.87. The van der Waals surface area contributed by atoms with Crippen molar-refractivity contribution in [1.29, 1.82) is 0 Å². The summed E-state index contributed by atoms with van der Waals surface area (Å²) in [5.41, 5.74) is 4.75. The highest BCUT2D eigenvalue weighted by Crippen LogP contribution is 2.32. The highest BCUT2D eigenvalue weighted by atomic mass is 32.2. The largest absolute Gasteiger partial charge is 0.281 e. The molecule has 2 heterocycles. The van der Waals surface area contributed by atoms with E-state index in [-0.39, 0.29) is 4.90 Å². The summed E-state index contributed by atoms with van der Waals surface area (Å²) in [6.45, 7) is 0. The molecule has 1 N–H and O–H groups in total. The van der Waals surface area contributed by atoms with Crippen LogP contribution in [0.1, 0.15) is 0 Å². The van der Waals surface area contributed by atoms with Crippen LogP contribution in [0.5, 0.6) is 0 Å². The second-order valence-electron chi connectivity index (χ2n) is 7.12. The van der Waals surface area contributed by atoms with Crippen molar-refractivity contribution in [1.82, 2.24) is 15.0 Å². The zero-order chi connectivity index (χ0) is 22.8. The molecule has 5 aromatic rings. The van der Waals surface area contributed by atoms with E-state index in [9.17, 15) is 8.42 Å². The van der Waals surface area contributed by atoms with Crippen LogP contribution in [0.2, 0.25) is 0 Å². The molecule has 0 radical (unpaired) electrons. The molecular weight excluding hydrogens is 454 g/mol. The van der Waals surface area contributed by atoms with E-state index in [1.54, 1.807) is 48.7 Å². The minimum absolute atomic E-state index is 0.147. The minimum Gasteiger partial charge on any atom is -0.267 e. The van der Waals surface area contributed by atoms with Crippen molar-refractivity contribution in [3.8, 4) is 0 Å². The van der Waals surface area contributed by atoms with Crippen molar-refractivity contribution in [3.63, 3.8) is 0 Å². The lowest BCUT2D eigenvalue weighted by Crippen LogP contribution is -2.37. The Morgan fingerprint density at radius 2 is 1.61 bits per heavy atom. The summed E-state index contributed by atoms with van der Waals surface area (Å²) in [5.74, 6) is 0.386. The summed E-state index contributed by atoms with van der Waals surface area (Å²) in [7, 11) is -4.02. The number of hydrogen-bond acceptors (Lipinski definition) is 7. The van der Waals surface area contributed by atoms with E-state index in [1.807, 2.05) is 48.7 Å². The third-order valence-corrected chi connectivity index (χ3v) is 7.27. The number of fused-ring (bicyclic) bond motifs is 2. The number of hydrogen-bond donors (Lipinski definition) is 1. The van der Waals surface area contributed by atoms with Crippen LogP contribution in [-0.2, 0) is 10.0 Å². The molecule has 7 nitrogen and oxygen atoms in total. The second kappa shape index (κ2) is 8.68. The normalized spacial score (nSPS) is 11.5. The predicted octanol–water partition coefficient (Wildman–Crippen LogP) is 5.12. The van der Waals surface area contributed by atoms with Crippen LogP contribution in [0, 0.1) is 0 Å². The van der Waals surface area contributed by atoms with Gasteiger partial charge in [-0.15, -0.1) is 0 Å². The van der Waals surface area contributed by atoms with Gasteiger partial charge in [0.25, 0.3) is 10.0 Å². The van der Waals surface area contributed by atoms with Gasteiger partial charge in [-0.1, -0.05) is 60.3 Å². The number of pyridine rings is 1. The minimum atomic E-state index is -4.02. The number of aromatic nitrogens is 3. The molecule has 0 spiro atoms. The van der Waals surface area contributed by atoms with E-state index < -0.39 is 10.0 Å². The summed E-state index contributed by atoms with van der Waals surface area (Å²) in [4.78, 5) is 13.7. The van der Waals surface area contributed by atoms with Crippen LogP contribution in [0.15, 0.2) is 101 Å². The molecule has 0 unspecified atom stereocenters. The number of anilines is 2. The number of para-hydroxylation sites is 2. The third-order valence-electron chi connectivity index (χ3n) is 5.08. The first-order valence-corrected chi connectivity index (χ1v) is 12.8. The van der Waals surface area contributed by atoms with Crippen LogP contribution in [0.25, 0.3) is 21.8 Å². The lowest BCUT2D eigenvalue weighted by molar-refractivity contribution is 0.594. The van der Waals surface area contributed by atoms with Crippen LogP contribution < -0.4 is 9.84 Å². The lowest BCUT2D eigenvalue weighted by Gasteiger charge is -2.26. The second-order valence-corrected chi connectivity index (χ2v) is 9.68. The fourth-order valence-corrected chi connectivity index (χ4v) is 5.22. The fourth-order valence-electron chi connectivity index (χ4n) is 3.53. The molecule has 164 valence electrons.